The van der Waals surface area contributed by atoms with Crippen LogP contribution in [0.1, 0.15) is 38.7 Å². The van der Waals surface area contributed by atoms with Gasteiger partial charge >= 0.3 is 12.3 Å². The molecule has 3 N–H and O–H groups in total. The number of sulfonamides is 1. The molecule has 1 saturated carbocycles. The van der Waals surface area contributed by atoms with Gasteiger partial charge in [0.15, 0.2) is 0 Å². The third-order valence-electron chi connectivity index (χ3n) is 6.49. The number of alkyl halides is 3. The lowest BCUT2D eigenvalue weighted by Gasteiger charge is -2.24. The van der Waals surface area contributed by atoms with E-state index < -0.39 is 38.8 Å². The van der Waals surface area contributed by atoms with E-state index in [1.165, 1.54) is 4.31 Å². The number of benzene rings is 1. The lowest BCUT2D eigenvalue weighted by atomic mass is 9.97. The summed E-state index contributed by atoms with van der Waals surface area (Å²) in [5.41, 5.74) is -1.03. The average Bonchev–Trinajstić information content (AvgIpc) is 3.29. The Balaban J connectivity index is 1.67. The molecule has 184 valence electrons. The first-order chi connectivity index (χ1) is 15.3. The minimum atomic E-state index is -4.65. The minimum Gasteiger partial charge on any atom is -0.465 e. The largest absolute Gasteiger partial charge is 0.465 e. The number of carboxylic acid groups (broad SMARTS) is 1. The number of fused-ring (bicyclic) bond motifs is 1. The van der Waals surface area contributed by atoms with E-state index in [1.807, 2.05) is 0 Å². The third kappa shape index (κ3) is 5.78. The first kappa shape index (κ1) is 25.3. The van der Waals surface area contributed by atoms with Crippen molar-refractivity contribution < 1.29 is 36.3 Å². The van der Waals surface area contributed by atoms with Crippen molar-refractivity contribution in [1.82, 2.24) is 14.9 Å². The zero-order valence-electron chi connectivity index (χ0n) is 18.3. The van der Waals surface area contributed by atoms with Gasteiger partial charge in [-0.2, -0.15) is 17.5 Å². The number of carbonyl (C=O) groups excluding carboxylic acids is 1. The first-order valence-electron chi connectivity index (χ1n) is 10.7. The summed E-state index contributed by atoms with van der Waals surface area (Å²) in [6.45, 7) is 3.89. The molecule has 0 spiro atoms. The van der Waals surface area contributed by atoms with Crippen LogP contribution in [0.5, 0.6) is 0 Å². The van der Waals surface area contributed by atoms with Crippen molar-refractivity contribution in [3.05, 3.63) is 29.8 Å². The van der Waals surface area contributed by atoms with Crippen LogP contribution < -0.4 is 10.6 Å². The van der Waals surface area contributed by atoms with E-state index in [0.29, 0.717) is 18.9 Å². The Morgan fingerprint density at radius 1 is 1.21 bits per heavy atom. The Morgan fingerprint density at radius 3 is 2.52 bits per heavy atom. The molecular weight excluding hydrogens is 463 g/mol. The molecule has 12 heteroatoms. The van der Waals surface area contributed by atoms with Gasteiger partial charge in [-0.05, 0) is 48.8 Å². The molecule has 33 heavy (non-hydrogen) atoms. The Hall–Kier alpha value is -2.34. The monoisotopic (exact) mass is 491 g/mol. The van der Waals surface area contributed by atoms with Gasteiger partial charge in [-0.15, -0.1) is 0 Å². The second kappa shape index (κ2) is 9.49. The van der Waals surface area contributed by atoms with Gasteiger partial charge in [0.2, 0.25) is 15.9 Å². The molecule has 8 nitrogen and oxygen atoms in total. The van der Waals surface area contributed by atoms with Crippen molar-refractivity contribution in [1.29, 1.82) is 0 Å². The molecule has 2 aliphatic rings. The van der Waals surface area contributed by atoms with Gasteiger partial charge in [-0.1, -0.05) is 19.9 Å². The van der Waals surface area contributed by atoms with Gasteiger partial charge in [0.1, 0.15) is 0 Å². The SMILES string of the molecule is CC(C)[C@@H](CC(=O)N[C@H]1CC[C@@H]2CN(S(=O)(=O)c3cccc(C(F)(F)F)c3)C[C@@H]21)NC(=O)O. The van der Waals surface area contributed by atoms with E-state index in [-0.39, 0.29) is 49.2 Å². The number of nitrogens with one attached hydrogen (secondary N) is 2. The second-order valence-electron chi connectivity index (χ2n) is 9.03. The van der Waals surface area contributed by atoms with Gasteiger partial charge in [-0.3, -0.25) is 4.79 Å². The van der Waals surface area contributed by atoms with Crippen molar-refractivity contribution in [2.45, 2.75) is 56.3 Å². The van der Waals surface area contributed by atoms with Crippen LogP contribution in [-0.2, 0) is 21.0 Å². The van der Waals surface area contributed by atoms with E-state index in [1.54, 1.807) is 13.8 Å². The molecular formula is C21H28F3N3O5S. The zero-order valence-corrected chi connectivity index (χ0v) is 19.1. The fourth-order valence-electron chi connectivity index (χ4n) is 4.66. The lowest BCUT2D eigenvalue weighted by Crippen LogP contribution is -2.45. The molecule has 1 heterocycles. The summed E-state index contributed by atoms with van der Waals surface area (Å²) < 4.78 is 66.3. The van der Waals surface area contributed by atoms with Crippen LogP contribution in [-0.4, -0.2) is 55.0 Å². The number of carbonyl (C=O) groups is 2. The highest BCUT2D eigenvalue weighted by Gasteiger charge is 2.47. The maximum atomic E-state index is 13.0. The van der Waals surface area contributed by atoms with Gasteiger partial charge < -0.3 is 15.7 Å². The highest BCUT2D eigenvalue weighted by atomic mass is 32.2. The summed E-state index contributed by atoms with van der Waals surface area (Å²) in [6.07, 6.45) is -4.55. The predicted molar refractivity (Wildman–Crippen MR) is 113 cm³/mol. The molecule has 3 rings (SSSR count). The van der Waals surface area contributed by atoms with E-state index >= 15 is 0 Å². The number of halogens is 3. The molecule has 1 aromatic carbocycles. The quantitative estimate of drug-likeness (QED) is 0.543. The van der Waals surface area contributed by atoms with E-state index in [2.05, 4.69) is 10.6 Å². The van der Waals surface area contributed by atoms with Crippen LogP contribution in [0.3, 0.4) is 0 Å². The number of amides is 2. The maximum absolute atomic E-state index is 13.0. The number of rotatable bonds is 7. The molecule has 0 bridgehead atoms. The molecule has 2 amide bonds. The van der Waals surface area contributed by atoms with Crippen LogP contribution in [0.2, 0.25) is 0 Å². The van der Waals surface area contributed by atoms with Gasteiger partial charge in [0.05, 0.1) is 10.5 Å². The lowest BCUT2D eigenvalue weighted by molar-refractivity contribution is -0.137. The summed E-state index contributed by atoms with van der Waals surface area (Å²) in [7, 11) is -4.11. The molecule has 1 aromatic rings. The standard InChI is InChI=1S/C21H28F3N3O5S/c1-12(2)18(26-20(29)30)9-19(28)25-17-7-6-13-10-27(11-16(13)17)33(31,32)15-5-3-4-14(8-15)21(22,23)24/h3-5,8,12-13,16-18,26H,6-7,9-11H2,1-2H3,(H,25,28)(H,29,30)/t13-,16+,17+,18-/m1/s1. The number of hydrogen-bond donors (Lipinski definition) is 3. The first-order valence-corrected chi connectivity index (χ1v) is 12.2. The van der Waals surface area contributed by atoms with E-state index in [0.717, 1.165) is 18.2 Å². The highest BCUT2D eigenvalue weighted by molar-refractivity contribution is 7.89. The summed E-state index contributed by atoms with van der Waals surface area (Å²) in [5.74, 6) is -0.580. The highest BCUT2D eigenvalue weighted by Crippen LogP contribution is 2.40. The van der Waals surface area contributed by atoms with Crippen molar-refractivity contribution >= 4 is 22.0 Å². The normalized spacial score (nSPS) is 24.5. The van der Waals surface area contributed by atoms with E-state index in [9.17, 15) is 31.2 Å². The van der Waals surface area contributed by atoms with Crippen LogP contribution in [0.25, 0.3) is 0 Å². The number of nitrogens with zero attached hydrogens (tertiary/aromatic N) is 1. The molecule has 1 aliphatic carbocycles. The Labute approximate surface area is 190 Å². The maximum Gasteiger partial charge on any atom is 0.416 e. The van der Waals surface area contributed by atoms with Gasteiger partial charge in [0, 0.05) is 31.6 Å². The Morgan fingerprint density at radius 2 is 1.91 bits per heavy atom. The van der Waals surface area contributed by atoms with Crippen LogP contribution in [0, 0.1) is 17.8 Å². The predicted octanol–water partition coefficient (Wildman–Crippen LogP) is 2.90. The fraction of sp³-hybridized carbons (Fsp3) is 0.619. The number of hydrogen-bond acceptors (Lipinski definition) is 4. The molecule has 0 radical (unpaired) electrons. The zero-order chi connectivity index (χ0) is 24.6. The Kier molecular flexibility index (Phi) is 7.27. The van der Waals surface area contributed by atoms with Crippen LogP contribution >= 0.6 is 0 Å². The van der Waals surface area contributed by atoms with Crippen molar-refractivity contribution in [3.63, 3.8) is 0 Å². The molecule has 1 aliphatic heterocycles. The van der Waals surface area contributed by atoms with Gasteiger partial charge in [-0.25, -0.2) is 13.2 Å². The summed E-state index contributed by atoms with van der Waals surface area (Å²) >= 11 is 0. The fourth-order valence-corrected chi connectivity index (χ4v) is 6.24. The average molecular weight is 492 g/mol. The molecule has 2 fully saturated rings. The smallest absolute Gasteiger partial charge is 0.416 e. The van der Waals surface area contributed by atoms with Crippen molar-refractivity contribution in [2.24, 2.45) is 17.8 Å². The van der Waals surface area contributed by atoms with Gasteiger partial charge in [0.25, 0.3) is 0 Å². The summed E-state index contributed by atoms with van der Waals surface area (Å²) in [4.78, 5) is 23.1. The third-order valence-corrected chi connectivity index (χ3v) is 8.32. The van der Waals surface area contributed by atoms with Crippen LogP contribution in [0.15, 0.2) is 29.2 Å². The molecule has 0 aromatic heterocycles. The summed E-state index contributed by atoms with van der Waals surface area (Å²) in [5, 5.41) is 14.2. The Bertz CT molecular complexity index is 999. The topological polar surface area (TPSA) is 116 Å². The van der Waals surface area contributed by atoms with Crippen LogP contribution in [0.4, 0.5) is 18.0 Å². The van der Waals surface area contributed by atoms with Crippen molar-refractivity contribution in [3.8, 4) is 0 Å². The molecule has 0 unspecified atom stereocenters. The van der Waals surface area contributed by atoms with E-state index in [4.69, 9.17) is 5.11 Å². The molecule has 4 atom stereocenters. The van der Waals surface area contributed by atoms with Crippen molar-refractivity contribution in [2.75, 3.05) is 13.1 Å². The second-order valence-corrected chi connectivity index (χ2v) is 11.0. The molecule has 1 saturated heterocycles. The summed E-state index contributed by atoms with van der Waals surface area (Å²) in [6, 6.07) is 2.87. The minimum absolute atomic E-state index is 0.00564.